The van der Waals surface area contributed by atoms with Crippen LogP contribution in [0.5, 0.6) is 5.75 Å². The van der Waals surface area contributed by atoms with E-state index < -0.39 is 0 Å². The van der Waals surface area contributed by atoms with Crippen molar-refractivity contribution in [1.29, 1.82) is 0 Å². The molecule has 1 unspecified atom stereocenters. The molecule has 3 rings (SSSR count). The standard InChI is InChI=1S/C23H31ClN4O2/c1-3-27-12-14-28(15-13-27)21-8-6-20(7-9-21)25-23(29)18-26(2)16-17-30-22-10-4-19(24)5-11-22/h4-11H,3,12-18H2,1-2H3,(H,25,29)/p+2. The maximum atomic E-state index is 12.3. The first-order valence-corrected chi connectivity index (χ1v) is 11.1. The molecule has 1 heterocycles. The molecule has 30 heavy (non-hydrogen) atoms. The molecule has 1 atom stereocenters. The number of likely N-dealkylation sites (N-methyl/N-ethyl adjacent to an activating group) is 2. The Balaban J connectivity index is 1.38. The number of hydrogen-bond donors (Lipinski definition) is 3. The van der Waals surface area contributed by atoms with E-state index in [1.807, 2.05) is 31.3 Å². The number of nitrogens with zero attached hydrogens (tertiary/aromatic N) is 1. The SMILES string of the molecule is CC[NH+]1CCN(c2ccc(NC(=O)C[NH+](C)CCOc3ccc(Cl)cc3)cc2)CC1. The zero-order chi connectivity index (χ0) is 21.3. The van der Waals surface area contributed by atoms with Gasteiger partial charge in [0.2, 0.25) is 0 Å². The van der Waals surface area contributed by atoms with E-state index in [4.69, 9.17) is 16.3 Å². The number of benzene rings is 2. The number of piperazine rings is 1. The molecule has 162 valence electrons. The van der Waals surface area contributed by atoms with E-state index in [0.717, 1.165) is 36.0 Å². The maximum Gasteiger partial charge on any atom is 0.279 e. The fourth-order valence-corrected chi connectivity index (χ4v) is 3.76. The molecular weight excluding hydrogens is 400 g/mol. The van der Waals surface area contributed by atoms with Crippen LogP contribution in [-0.2, 0) is 4.79 Å². The van der Waals surface area contributed by atoms with Gasteiger partial charge >= 0.3 is 0 Å². The molecule has 1 aliphatic rings. The number of quaternary nitrogens is 2. The van der Waals surface area contributed by atoms with E-state index >= 15 is 0 Å². The van der Waals surface area contributed by atoms with Gasteiger partial charge in [0, 0.05) is 16.4 Å². The zero-order valence-corrected chi connectivity index (χ0v) is 18.7. The van der Waals surface area contributed by atoms with Crippen LogP contribution < -0.4 is 24.8 Å². The summed E-state index contributed by atoms with van der Waals surface area (Å²) in [5, 5.41) is 3.69. The molecule has 0 spiro atoms. The summed E-state index contributed by atoms with van der Waals surface area (Å²) >= 11 is 5.87. The van der Waals surface area contributed by atoms with Gasteiger partial charge in [0.25, 0.3) is 5.91 Å². The first-order chi connectivity index (χ1) is 14.5. The molecule has 0 radical (unpaired) electrons. The fraction of sp³-hybridized carbons (Fsp3) is 0.435. The van der Waals surface area contributed by atoms with Crippen LogP contribution in [-0.4, -0.2) is 65.4 Å². The number of rotatable bonds is 9. The molecule has 1 saturated heterocycles. The number of nitrogens with one attached hydrogen (secondary N) is 3. The second-order valence-corrected chi connectivity index (χ2v) is 8.31. The number of amides is 1. The van der Waals surface area contributed by atoms with Gasteiger partial charge < -0.3 is 24.8 Å². The van der Waals surface area contributed by atoms with Gasteiger partial charge in [0.1, 0.15) is 18.9 Å². The van der Waals surface area contributed by atoms with Crippen LogP contribution in [0.4, 0.5) is 11.4 Å². The Kier molecular flexibility index (Phi) is 8.37. The van der Waals surface area contributed by atoms with Gasteiger partial charge in [-0.3, -0.25) is 4.79 Å². The molecule has 0 aliphatic carbocycles. The predicted octanol–water partition coefficient (Wildman–Crippen LogP) is 0.597. The van der Waals surface area contributed by atoms with Crippen LogP contribution in [0.2, 0.25) is 5.02 Å². The topological polar surface area (TPSA) is 50.5 Å². The van der Waals surface area contributed by atoms with Crippen LogP contribution >= 0.6 is 11.6 Å². The predicted molar refractivity (Wildman–Crippen MR) is 122 cm³/mol. The van der Waals surface area contributed by atoms with Crippen LogP contribution in [0.25, 0.3) is 0 Å². The normalized spacial score (nSPS) is 15.6. The summed E-state index contributed by atoms with van der Waals surface area (Å²) in [7, 11) is 1.99. The lowest BCUT2D eigenvalue weighted by molar-refractivity contribution is -0.898. The molecule has 1 aliphatic heterocycles. The molecular formula is C23H33ClN4O2+2. The Morgan fingerprint density at radius 1 is 1.13 bits per heavy atom. The summed E-state index contributed by atoms with van der Waals surface area (Å²) in [6.07, 6.45) is 0. The van der Waals surface area contributed by atoms with Crippen molar-refractivity contribution in [3.63, 3.8) is 0 Å². The number of ether oxygens (including phenoxy) is 1. The van der Waals surface area contributed by atoms with Gasteiger partial charge in [0.15, 0.2) is 6.54 Å². The minimum atomic E-state index is 0.00639. The van der Waals surface area contributed by atoms with Crippen LogP contribution in [0, 0.1) is 0 Å². The van der Waals surface area contributed by atoms with Crippen molar-refractivity contribution in [2.24, 2.45) is 0 Å². The highest BCUT2D eigenvalue weighted by atomic mass is 35.5. The van der Waals surface area contributed by atoms with Crippen LogP contribution in [0.3, 0.4) is 0 Å². The van der Waals surface area contributed by atoms with Crippen molar-refractivity contribution < 1.29 is 19.3 Å². The average molecular weight is 433 g/mol. The van der Waals surface area contributed by atoms with Crippen molar-refractivity contribution in [1.82, 2.24) is 0 Å². The lowest BCUT2D eigenvalue weighted by Crippen LogP contribution is -3.14. The molecule has 0 bridgehead atoms. The molecule has 3 N–H and O–H groups in total. The van der Waals surface area contributed by atoms with Crippen LogP contribution in [0.15, 0.2) is 48.5 Å². The Labute approximate surface area is 184 Å². The Morgan fingerprint density at radius 2 is 1.80 bits per heavy atom. The van der Waals surface area contributed by atoms with Crippen molar-refractivity contribution in [3.05, 3.63) is 53.6 Å². The average Bonchev–Trinajstić information content (AvgIpc) is 2.75. The first kappa shape index (κ1) is 22.4. The second kappa shape index (κ2) is 11.2. The van der Waals surface area contributed by atoms with Crippen LogP contribution in [0.1, 0.15) is 6.92 Å². The number of carbonyl (C=O) groups excluding carboxylic acids is 1. The first-order valence-electron chi connectivity index (χ1n) is 10.7. The highest BCUT2D eigenvalue weighted by Crippen LogP contribution is 2.18. The summed E-state index contributed by atoms with van der Waals surface area (Å²) in [4.78, 5) is 17.5. The Bertz CT molecular complexity index is 790. The van der Waals surface area contributed by atoms with Gasteiger partial charge in [0.05, 0.1) is 39.8 Å². The zero-order valence-electron chi connectivity index (χ0n) is 17.9. The summed E-state index contributed by atoms with van der Waals surface area (Å²) in [5.41, 5.74) is 2.07. The van der Waals surface area contributed by atoms with Gasteiger partial charge in [-0.2, -0.15) is 0 Å². The van der Waals surface area contributed by atoms with Crippen molar-refractivity contribution >= 4 is 28.9 Å². The van der Waals surface area contributed by atoms with Crippen molar-refractivity contribution in [2.45, 2.75) is 6.92 Å². The molecule has 0 saturated carbocycles. The Morgan fingerprint density at radius 3 is 2.43 bits per heavy atom. The number of hydrogen-bond acceptors (Lipinski definition) is 3. The van der Waals surface area contributed by atoms with E-state index in [2.05, 4.69) is 29.3 Å². The fourth-order valence-electron chi connectivity index (χ4n) is 3.63. The molecule has 0 aromatic heterocycles. The van der Waals surface area contributed by atoms with Crippen molar-refractivity contribution in [3.8, 4) is 5.75 Å². The monoisotopic (exact) mass is 432 g/mol. The second-order valence-electron chi connectivity index (χ2n) is 7.87. The Hall–Kier alpha value is -2.28. The van der Waals surface area contributed by atoms with Gasteiger partial charge in [-0.25, -0.2) is 0 Å². The quantitative estimate of drug-likeness (QED) is 0.544. The lowest BCUT2D eigenvalue weighted by Gasteiger charge is -2.33. The third kappa shape index (κ3) is 6.90. The highest BCUT2D eigenvalue weighted by Gasteiger charge is 2.18. The lowest BCUT2D eigenvalue weighted by atomic mass is 10.2. The summed E-state index contributed by atoms with van der Waals surface area (Å²) < 4.78 is 5.70. The third-order valence-corrected chi connectivity index (χ3v) is 5.81. The molecule has 1 fully saturated rings. The summed E-state index contributed by atoms with van der Waals surface area (Å²) in [5.74, 6) is 0.793. The van der Waals surface area contributed by atoms with Crippen molar-refractivity contribution in [2.75, 3.05) is 69.7 Å². The minimum Gasteiger partial charge on any atom is -0.488 e. The highest BCUT2D eigenvalue weighted by molar-refractivity contribution is 6.30. The number of carbonyl (C=O) groups is 1. The number of anilines is 2. The third-order valence-electron chi connectivity index (χ3n) is 5.56. The molecule has 2 aromatic carbocycles. The van der Waals surface area contributed by atoms with Gasteiger partial charge in [-0.05, 0) is 55.5 Å². The van der Waals surface area contributed by atoms with E-state index in [1.165, 1.54) is 25.3 Å². The van der Waals surface area contributed by atoms with E-state index in [0.29, 0.717) is 18.2 Å². The van der Waals surface area contributed by atoms with E-state index in [1.54, 1.807) is 17.0 Å². The largest absolute Gasteiger partial charge is 0.488 e. The summed E-state index contributed by atoms with van der Waals surface area (Å²) in [6, 6.07) is 15.5. The molecule has 6 nitrogen and oxygen atoms in total. The van der Waals surface area contributed by atoms with Gasteiger partial charge in [-0.15, -0.1) is 0 Å². The molecule has 7 heteroatoms. The van der Waals surface area contributed by atoms with Gasteiger partial charge in [-0.1, -0.05) is 11.6 Å². The number of halogens is 1. The summed E-state index contributed by atoms with van der Waals surface area (Å²) in [6.45, 7) is 9.66. The van der Waals surface area contributed by atoms with E-state index in [9.17, 15) is 4.79 Å². The van der Waals surface area contributed by atoms with E-state index in [-0.39, 0.29) is 5.91 Å². The smallest absolute Gasteiger partial charge is 0.279 e. The maximum absolute atomic E-state index is 12.3. The minimum absolute atomic E-state index is 0.00639. The molecule has 1 amide bonds. The molecule has 2 aromatic rings.